The van der Waals surface area contributed by atoms with Gasteiger partial charge >= 0.3 is 6.61 Å². The molecule has 0 N–H and O–H groups in total. The van der Waals surface area contributed by atoms with Gasteiger partial charge in [0.15, 0.2) is 5.82 Å². The molecule has 0 bridgehead atoms. The second-order valence-electron chi connectivity index (χ2n) is 5.10. The number of benzene rings is 2. The first-order chi connectivity index (χ1) is 11.6. The minimum absolute atomic E-state index is 0.0726. The van der Waals surface area contributed by atoms with Crippen molar-refractivity contribution < 1.29 is 13.5 Å². The minimum Gasteiger partial charge on any atom is -0.435 e. The lowest BCUT2D eigenvalue weighted by Gasteiger charge is -2.04. The van der Waals surface area contributed by atoms with Crippen molar-refractivity contribution in [3.05, 3.63) is 59.9 Å². The fourth-order valence-corrected chi connectivity index (χ4v) is 2.45. The molecule has 0 fully saturated rings. The summed E-state index contributed by atoms with van der Waals surface area (Å²) in [6.07, 6.45) is 1.66. The summed E-state index contributed by atoms with van der Waals surface area (Å²) in [4.78, 5) is 4.48. The maximum atomic E-state index is 12.2. The standard InChI is InChI=1S/C18H13F2N3O/c1-23-16-5-3-2-4-15(16)22-17(23)13(11-21)10-12-6-8-14(9-7-12)24-18(19)20/h2-10,18H,1H3/b13-10-. The third-order valence-corrected chi connectivity index (χ3v) is 3.56. The van der Waals surface area contributed by atoms with Crippen LogP contribution in [0, 0.1) is 11.3 Å². The summed E-state index contributed by atoms with van der Waals surface area (Å²) in [5, 5.41) is 9.47. The number of hydrogen-bond acceptors (Lipinski definition) is 3. The van der Waals surface area contributed by atoms with E-state index in [1.54, 1.807) is 18.2 Å². The van der Waals surface area contributed by atoms with Crippen molar-refractivity contribution in [2.24, 2.45) is 7.05 Å². The van der Waals surface area contributed by atoms with Gasteiger partial charge in [-0.05, 0) is 35.9 Å². The lowest BCUT2D eigenvalue weighted by Crippen LogP contribution is -2.01. The smallest absolute Gasteiger partial charge is 0.387 e. The first-order valence-electron chi connectivity index (χ1n) is 7.17. The number of imidazole rings is 1. The summed E-state index contributed by atoms with van der Waals surface area (Å²) >= 11 is 0. The van der Waals surface area contributed by atoms with Crippen LogP contribution in [0.2, 0.25) is 0 Å². The number of halogens is 2. The van der Waals surface area contributed by atoms with E-state index in [4.69, 9.17) is 0 Å². The highest BCUT2D eigenvalue weighted by atomic mass is 19.3. The molecule has 0 amide bonds. The van der Waals surface area contributed by atoms with E-state index in [2.05, 4.69) is 15.8 Å². The van der Waals surface area contributed by atoms with E-state index in [1.165, 1.54) is 12.1 Å². The van der Waals surface area contributed by atoms with Gasteiger partial charge in [-0.2, -0.15) is 14.0 Å². The predicted octanol–water partition coefficient (Wildman–Crippen LogP) is 4.24. The molecule has 3 aromatic rings. The van der Waals surface area contributed by atoms with Crippen LogP contribution in [-0.4, -0.2) is 16.2 Å². The Kier molecular flexibility index (Phi) is 4.25. The van der Waals surface area contributed by atoms with Gasteiger partial charge in [0.25, 0.3) is 0 Å². The minimum atomic E-state index is -2.86. The van der Waals surface area contributed by atoms with E-state index in [9.17, 15) is 14.0 Å². The predicted molar refractivity (Wildman–Crippen MR) is 87.3 cm³/mol. The lowest BCUT2D eigenvalue weighted by molar-refractivity contribution is -0.0498. The quantitative estimate of drug-likeness (QED) is 0.674. The molecule has 24 heavy (non-hydrogen) atoms. The van der Waals surface area contributed by atoms with Crippen LogP contribution < -0.4 is 4.74 Å². The molecule has 0 saturated heterocycles. The van der Waals surface area contributed by atoms with Gasteiger partial charge in [0, 0.05) is 7.05 Å². The first-order valence-corrected chi connectivity index (χ1v) is 7.17. The average Bonchev–Trinajstić information content (AvgIpc) is 2.91. The SMILES string of the molecule is Cn1c(/C(C#N)=C\c2ccc(OC(F)F)cc2)nc2ccccc21. The maximum absolute atomic E-state index is 12.2. The van der Waals surface area contributed by atoms with Gasteiger partial charge in [0.2, 0.25) is 0 Å². The summed E-state index contributed by atoms with van der Waals surface area (Å²) in [5.41, 5.74) is 2.81. The molecule has 0 aliphatic carbocycles. The van der Waals surface area contributed by atoms with Crippen LogP contribution >= 0.6 is 0 Å². The van der Waals surface area contributed by atoms with Gasteiger partial charge in [-0.15, -0.1) is 0 Å². The number of aromatic nitrogens is 2. The van der Waals surface area contributed by atoms with Crippen molar-refractivity contribution >= 4 is 22.7 Å². The largest absolute Gasteiger partial charge is 0.435 e. The molecule has 0 spiro atoms. The van der Waals surface area contributed by atoms with Crippen molar-refractivity contribution in [1.82, 2.24) is 9.55 Å². The van der Waals surface area contributed by atoms with E-state index < -0.39 is 6.61 Å². The van der Waals surface area contributed by atoms with Crippen LogP contribution in [0.4, 0.5) is 8.78 Å². The van der Waals surface area contributed by atoms with Crippen molar-refractivity contribution in [1.29, 1.82) is 5.26 Å². The molecule has 6 heteroatoms. The highest BCUT2D eigenvalue weighted by Gasteiger charge is 2.12. The van der Waals surface area contributed by atoms with Crippen LogP contribution in [0.25, 0.3) is 22.7 Å². The number of aryl methyl sites for hydroxylation is 1. The second-order valence-corrected chi connectivity index (χ2v) is 5.10. The van der Waals surface area contributed by atoms with E-state index in [1.807, 2.05) is 35.9 Å². The molecule has 120 valence electrons. The summed E-state index contributed by atoms with van der Waals surface area (Å²) in [7, 11) is 1.84. The van der Waals surface area contributed by atoms with E-state index in [-0.39, 0.29) is 5.75 Å². The van der Waals surface area contributed by atoms with Crippen molar-refractivity contribution in [2.75, 3.05) is 0 Å². The second kappa shape index (κ2) is 6.50. The summed E-state index contributed by atoms with van der Waals surface area (Å²) in [5.74, 6) is 0.620. The molecule has 0 aliphatic rings. The molecule has 0 atom stereocenters. The summed E-state index contributed by atoms with van der Waals surface area (Å²) in [6.45, 7) is -2.86. The normalized spacial score (nSPS) is 11.7. The van der Waals surface area contributed by atoms with Crippen LogP contribution in [0.1, 0.15) is 11.4 Å². The molecule has 2 aromatic carbocycles. The van der Waals surface area contributed by atoms with Crippen LogP contribution in [-0.2, 0) is 7.05 Å². The number of ether oxygens (including phenoxy) is 1. The van der Waals surface area contributed by atoms with Crippen molar-refractivity contribution in [2.45, 2.75) is 6.61 Å². The zero-order valence-electron chi connectivity index (χ0n) is 12.8. The molecule has 1 aromatic heterocycles. The Labute approximate surface area is 137 Å². The third-order valence-electron chi connectivity index (χ3n) is 3.56. The maximum Gasteiger partial charge on any atom is 0.387 e. The Balaban J connectivity index is 1.97. The van der Waals surface area contributed by atoms with E-state index in [0.717, 1.165) is 11.0 Å². The summed E-state index contributed by atoms with van der Waals surface area (Å²) < 4.78 is 30.5. The lowest BCUT2D eigenvalue weighted by atomic mass is 10.1. The van der Waals surface area contributed by atoms with Gasteiger partial charge in [-0.1, -0.05) is 24.3 Å². The highest BCUT2D eigenvalue weighted by molar-refractivity contribution is 5.90. The topological polar surface area (TPSA) is 50.8 Å². The Morgan fingerprint density at radius 1 is 1.21 bits per heavy atom. The van der Waals surface area contributed by atoms with E-state index in [0.29, 0.717) is 17.0 Å². The fourth-order valence-electron chi connectivity index (χ4n) is 2.45. The molecule has 0 saturated carbocycles. The van der Waals surface area contributed by atoms with Gasteiger partial charge in [-0.3, -0.25) is 0 Å². The highest BCUT2D eigenvalue weighted by Crippen LogP contribution is 2.23. The first kappa shape index (κ1) is 15.7. The number of para-hydroxylation sites is 2. The van der Waals surface area contributed by atoms with Gasteiger partial charge in [0.05, 0.1) is 16.6 Å². The number of fused-ring (bicyclic) bond motifs is 1. The number of alkyl halides is 2. The third kappa shape index (κ3) is 3.10. The monoisotopic (exact) mass is 325 g/mol. The Hall–Kier alpha value is -3.20. The number of hydrogen-bond donors (Lipinski definition) is 0. The zero-order valence-corrected chi connectivity index (χ0v) is 12.8. The molecule has 1 heterocycles. The molecule has 0 unspecified atom stereocenters. The number of allylic oxidation sites excluding steroid dienone is 1. The van der Waals surface area contributed by atoms with Crippen molar-refractivity contribution in [3.8, 4) is 11.8 Å². The van der Waals surface area contributed by atoms with Crippen molar-refractivity contribution in [3.63, 3.8) is 0 Å². The Morgan fingerprint density at radius 2 is 1.92 bits per heavy atom. The van der Waals surface area contributed by atoms with Gasteiger partial charge in [0.1, 0.15) is 11.8 Å². The van der Waals surface area contributed by atoms with Gasteiger partial charge < -0.3 is 9.30 Å². The molecular weight excluding hydrogens is 312 g/mol. The molecule has 3 rings (SSSR count). The van der Waals surface area contributed by atoms with E-state index >= 15 is 0 Å². The van der Waals surface area contributed by atoms with Gasteiger partial charge in [-0.25, -0.2) is 4.98 Å². The van der Waals surface area contributed by atoms with Crippen LogP contribution in [0.5, 0.6) is 5.75 Å². The molecule has 4 nitrogen and oxygen atoms in total. The number of nitriles is 1. The zero-order chi connectivity index (χ0) is 17.1. The molecule has 0 aliphatic heterocycles. The number of rotatable bonds is 4. The van der Waals surface area contributed by atoms with Crippen LogP contribution in [0.3, 0.4) is 0 Å². The number of nitrogens with zero attached hydrogens (tertiary/aromatic N) is 3. The fraction of sp³-hybridized carbons (Fsp3) is 0.111. The molecule has 0 radical (unpaired) electrons. The molecular formula is C18H13F2N3O. The Morgan fingerprint density at radius 3 is 2.54 bits per heavy atom. The van der Waals surface area contributed by atoms with Crippen LogP contribution in [0.15, 0.2) is 48.5 Å². The summed E-state index contributed by atoms with van der Waals surface area (Å²) in [6, 6.07) is 15.8. The Bertz CT molecular complexity index is 937. The average molecular weight is 325 g/mol.